The van der Waals surface area contributed by atoms with Gasteiger partial charge in [-0.2, -0.15) is 0 Å². The number of rotatable bonds is 0. The summed E-state index contributed by atoms with van der Waals surface area (Å²) in [6.45, 7) is 0. The Morgan fingerprint density at radius 3 is 2.31 bits per heavy atom. The van der Waals surface area contributed by atoms with Crippen LogP contribution in [-0.4, -0.2) is 10.2 Å². The summed E-state index contributed by atoms with van der Waals surface area (Å²) in [6.07, 6.45) is 2.01. The molecule has 0 saturated carbocycles. The molecule has 1 heterocycles. The fourth-order valence-corrected chi connectivity index (χ4v) is 2.53. The molecule has 2 N–H and O–H groups in total. The van der Waals surface area contributed by atoms with Gasteiger partial charge in [0.05, 0.1) is 5.52 Å². The number of aromatic nitrogens is 2. The van der Waals surface area contributed by atoms with Crippen molar-refractivity contribution in [2.24, 2.45) is 0 Å². The molecule has 0 fully saturated rings. The smallest absolute Gasteiger partial charge is 0.0625 e. The second kappa shape index (κ2) is 2.67. The summed E-state index contributed by atoms with van der Waals surface area (Å²) in [5, 5.41) is 12.8. The van der Waals surface area contributed by atoms with E-state index in [1.807, 2.05) is 6.20 Å². The number of hydrogen-bond acceptors (Lipinski definition) is 0. The van der Waals surface area contributed by atoms with E-state index < -0.39 is 0 Å². The van der Waals surface area contributed by atoms with Crippen LogP contribution in [-0.2, 0) is 0 Å². The van der Waals surface area contributed by atoms with Crippen LogP contribution in [0, 0.1) is 0 Å². The van der Waals surface area contributed by atoms with E-state index in [9.17, 15) is 0 Å². The summed E-state index contributed by atoms with van der Waals surface area (Å²) in [7, 11) is 0. The second-order valence-electron chi connectivity index (χ2n) is 4.14. The third-order valence-electron chi connectivity index (χ3n) is 3.24. The molecular weight excluding hydrogens is 196 g/mol. The Kier molecular flexibility index (Phi) is 1.33. The third-order valence-corrected chi connectivity index (χ3v) is 3.24. The molecule has 0 spiro atoms. The summed E-state index contributed by atoms with van der Waals surface area (Å²) >= 11 is 0. The quantitative estimate of drug-likeness (QED) is 0.410. The molecule has 16 heavy (non-hydrogen) atoms. The maximum absolute atomic E-state index is 3.19. The van der Waals surface area contributed by atoms with E-state index in [1.165, 1.54) is 26.9 Å². The van der Waals surface area contributed by atoms with Gasteiger partial charge in [-0.3, -0.25) is 0 Å². The molecule has 0 unspecified atom stereocenters. The third kappa shape index (κ3) is 0.865. The first-order valence-corrected chi connectivity index (χ1v) is 5.39. The van der Waals surface area contributed by atoms with Crippen LogP contribution in [0.25, 0.3) is 32.4 Å². The van der Waals surface area contributed by atoms with Gasteiger partial charge in [0, 0.05) is 17.0 Å². The minimum atomic E-state index is 1.15. The molecule has 2 nitrogen and oxygen atoms in total. The molecule has 0 aliphatic rings. The molecule has 0 amide bonds. The standard InChI is InChI=1S/C14H10N2/c1-2-9-4-5-11-8-15-16-12-7-6-10(3-1)13(9)14(11)12/h1-8,15-16H. The fraction of sp³-hybridized carbons (Fsp3) is 0. The van der Waals surface area contributed by atoms with Crippen molar-refractivity contribution >= 4 is 32.4 Å². The van der Waals surface area contributed by atoms with Crippen LogP contribution in [0.3, 0.4) is 0 Å². The van der Waals surface area contributed by atoms with Crippen LogP contribution in [0.2, 0.25) is 0 Å². The maximum Gasteiger partial charge on any atom is 0.0625 e. The van der Waals surface area contributed by atoms with Gasteiger partial charge in [-0.15, -0.1) is 0 Å². The highest BCUT2D eigenvalue weighted by Gasteiger charge is 2.06. The highest BCUT2D eigenvalue weighted by Crippen LogP contribution is 2.32. The van der Waals surface area contributed by atoms with E-state index in [4.69, 9.17) is 0 Å². The largest absolute Gasteiger partial charge is 0.308 e. The number of nitrogens with one attached hydrogen (secondary N) is 2. The number of benzene rings is 3. The van der Waals surface area contributed by atoms with E-state index in [-0.39, 0.29) is 0 Å². The maximum atomic E-state index is 3.19. The normalized spacial score (nSPS) is 11.8. The zero-order chi connectivity index (χ0) is 10.5. The minimum Gasteiger partial charge on any atom is -0.308 e. The van der Waals surface area contributed by atoms with E-state index in [0.29, 0.717) is 0 Å². The SMILES string of the molecule is c1cc2ccc3c[nH][nH]c4ccc(c1)c2c34. The van der Waals surface area contributed by atoms with Crippen molar-refractivity contribution in [2.75, 3.05) is 0 Å². The summed E-state index contributed by atoms with van der Waals surface area (Å²) < 4.78 is 0. The topological polar surface area (TPSA) is 31.6 Å². The lowest BCUT2D eigenvalue weighted by atomic mass is 9.98. The molecule has 0 aliphatic carbocycles. The molecule has 0 radical (unpaired) electrons. The highest BCUT2D eigenvalue weighted by atomic mass is 15.1. The number of H-pyrrole nitrogens is 2. The summed E-state index contributed by atoms with van der Waals surface area (Å²) in [6, 6.07) is 15.1. The van der Waals surface area contributed by atoms with E-state index >= 15 is 0 Å². The molecule has 0 saturated heterocycles. The van der Waals surface area contributed by atoms with Crippen LogP contribution >= 0.6 is 0 Å². The van der Waals surface area contributed by atoms with Crippen LogP contribution in [0.4, 0.5) is 0 Å². The first-order valence-electron chi connectivity index (χ1n) is 5.39. The minimum absolute atomic E-state index is 1.15. The van der Waals surface area contributed by atoms with Crippen LogP contribution < -0.4 is 0 Å². The van der Waals surface area contributed by atoms with Crippen molar-refractivity contribution in [1.29, 1.82) is 0 Å². The van der Waals surface area contributed by atoms with Crippen molar-refractivity contribution in [3.8, 4) is 0 Å². The molecule has 4 aromatic rings. The van der Waals surface area contributed by atoms with Crippen LogP contribution in [0.15, 0.2) is 48.7 Å². The van der Waals surface area contributed by atoms with Gasteiger partial charge in [-0.1, -0.05) is 36.4 Å². The first-order chi connectivity index (χ1) is 7.93. The van der Waals surface area contributed by atoms with Crippen molar-refractivity contribution in [3.05, 3.63) is 48.7 Å². The molecule has 76 valence electrons. The zero-order valence-electron chi connectivity index (χ0n) is 8.62. The summed E-state index contributed by atoms with van der Waals surface area (Å²) in [5.74, 6) is 0. The van der Waals surface area contributed by atoms with E-state index in [2.05, 4.69) is 52.7 Å². The molecule has 2 heteroatoms. The van der Waals surface area contributed by atoms with Crippen molar-refractivity contribution in [1.82, 2.24) is 10.2 Å². The van der Waals surface area contributed by atoms with Gasteiger partial charge in [-0.05, 0) is 22.2 Å². The Balaban J connectivity index is 2.51. The average Bonchev–Trinajstić information content (AvgIpc) is 2.36. The van der Waals surface area contributed by atoms with Crippen molar-refractivity contribution in [3.63, 3.8) is 0 Å². The monoisotopic (exact) mass is 206 g/mol. The first kappa shape index (κ1) is 7.99. The number of aromatic amines is 2. The van der Waals surface area contributed by atoms with Crippen LogP contribution in [0.1, 0.15) is 0 Å². The zero-order valence-corrected chi connectivity index (χ0v) is 8.62. The van der Waals surface area contributed by atoms with Gasteiger partial charge in [-0.25, -0.2) is 0 Å². The lowest BCUT2D eigenvalue weighted by Gasteiger charge is -2.09. The highest BCUT2D eigenvalue weighted by molar-refractivity contribution is 6.21. The lowest BCUT2D eigenvalue weighted by molar-refractivity contribution is 1.09. The molecule has 4 rings (SSSR count). The van der Waals surface area contributed by atoms with E-state index in [0.717, 1.165) is 5.52 Å². The van der Waals surface area contributed by atoms with Gasteiger partial charge in [0.1, 0.15) is 0 Å². The van der Waals surface area contributed by atoms with Gasteiger partial charge in [0.25, 0.3) is 0 Å². The Bertz CT molecular complexity index is 675. The van der Waals surface area contributed by atoms with Gasteiger partial charge in [0.15, 0.2) is 0 Å². The predicted molar refractivity (Wildman–Crippen MR) is 67.7 cm³/mol. The molecule has 0 bridgehead atoms. The van der Waals surface area contributed by atoms with Gasteiger partial charge < -0.3 is 10.2 Å². The average molecular weight is 206 g/mol. The Hall–Kier alpha value is -2.22. The molecule has 0 aliphatic heterocycles. The van der Waals surface area contributed by atoms with Gasteiger partial charge in [0.2, 0.25) is 0 Å². The Morgan fingerprint density at radius 1 is 0.688 bits per heavy atom. The number of hydrogen-bond donors (Lipinski definition) is 2. The molecule has 1 aromatic heterocycles. The van der Waals surface area contributed by atoms with Crippen molar-refractivity contribution < 1.29 is 0 Å². The predicted octanol–water partition coefficient (Wildman–Crippen LogP) is 3.80. The van der Waals surface area contributed by atoms with Crippen LogP contribution in [0.5, 0.6) is 0 Å². The van der Waals surface area contributed by atoms with E-state index in [1.54, 1.807) is 0 Å². The molecule has 3 aromatic carbocycles. The Labute approximate surface area is 91.9 Å². The molecular formula is C14H10N2. The second-order valence-corrected chi connectivity index (χ2v) is 4.14. The fourth-order valence-electron chi connectivity index (χ4n) is 2.53. The summed E-state index contributed by atoms with van der Waals surface area (Å²) in [4.78, 5) is 0. The van der Waals surface area contributed by atoms with Crippen molar-refractivity contribution in [2.45, 2.75) is 0 Å². The lowest BCUT2D eigenvalue weighted by Crippen LogP contribution is -1.87. The Morgan fingerprint density at radius 2 is 1.44 bits per heavy atom. The summed E-state index contributed by atoms with van der Waals surface area (Å²) in [5.41, 5.74) is 1.15. The molecule has 0 atom stereocenters. The van der Waals surface area contributed by atoms with Gasteiger partial charge >= 0.3 is 0 Å².